The third-order valence-corrected chi connectivity index (χ3v) is 4.74. The smallest absolute Gasteiger partial charge is 0.277 e. The van der Waals surface area contributed by atoms with Crippen molar-refractivity contribution in [1.82, 2.24) is 5.43 Å². The van der Waals surface area contributed by atoms with Crippen molar-refractivity contribution in [2.45, 2.75) is 6.42 Å². The maximum absolute atomic E-state index is 11.9. The van der Waals surface area contributed by atoms with Crippen LogP contribution in [0.4, 0.5) is 0 Å². The van der Waals surface area contributed by atoms with Gasteiger partial charge in [0.15, 0.2) is 18.1 Å². The fraction of sp³-hybridized carbons (Fsp3) is 0.167. The van der Waals surface area contributed by atoms with E-state index in [4.69, 9.17) is 14.2 Å². The molecule has 0 atom stereocenters. The number of hydrogen-bond donors (Lipinski definition) is 1. The SMILES string of the molecule is COc1cc(/C=N/NC(=O)COc2cccc(Br)c2)ccc1OCCc1ccccc1. The van der Waals surface area contributed by atoms with Crippen molar-refractivity contribution in [2.24, 2.45) is 5.10 Å². The van der Waals surface area contributed by atoms with Gasteiger partial charge in [-0.05, 0) is 47.5 Å². The summed E-state index contributed by atoms with van der Waals surface area (Å²) >= 11 is 3.35. The molecule has 0 unspecified atom stereocenters. The lowest BCUT2D eigenvalue weighted by molar-refractivity contribution is -0.123. The Morgan fingerprint density at radius 3 is 2.61 bits per heavy atom. The molecule has 3 rings (SSSR count). The number of carbonyl (C=O) groups is 1. The number of methoxy groups -OCH3 is 1. The maximum Gasteiger partial charge on any atom is 0.277 e. The molecule has 0 saturated carbocycles. The number of amides is 1. The number of halogens is 1. The van der Waals surface area contributed by atoms with Crippen LogP contribution in [0.5, 0.6) is 17.2 Å². The van der Waals surface area contributed by atoms with E-state index < -0.39 is 0 Å². The van der Waals surface area contributed by atoms with E-state index in [-0.39, 0.29) is 12.5 Å². The Hall–Kier alpha value is -3.32. The number of ether oxygens (including phenoxy) is 3. The van der Waals surface area contributed by atoms with Gasteiger partial charge < -0.3 is 14.2 Å². The number of carbonyl (C=O) groups excluding carboxylic acids is 1. The minimum atomic E-state index is -0.357. The highest BCUT2D eigenvalue weighted by Crippen LogP contribution is 2.27. The first-order valence-corrected chi connectivity index (χ1v) is 10.5. The molecular formula is C24H23BrN2O4. The maximum atomic E-state index is 11.9. The molecule has 0 aliphatic rings. The van der Waals surface area contributed by atoms with Crippen LogP contribution in [0.2, 0.25) is 0 Å². The topological polar surface area (TPSA) is 69.2 Å². The summed E-state index contributed by atoms with van der Waals surface area (Å²) in [7, 11) is 1.58. The van der Waals surface area contributed by atoms with Crippen LogP contribution in [0.25, 0.3) is 0 Å². The Kier molecular flexibility index (Phi) is 8.48. The number of nitrogens with one attached hydrogen (secondary N) is 1. The monoisotopic (exact) mass is 482 g/mol. The van der Waals surface area contributed by atoms with Crippen LogP contribution in [0.15, 0.2) is 82.4 Å². The van der Waals surface area contributed by atoms with Crippen LogP contribution >= 0.6 is 15.9 Å². The summed E-state index contributed by atoms with van der Waals surface area (Å²) in [5, 5.41) is 3.97. The van der Waals surface area contributed by atoms with Gasteiger partial charge in [0.2, 0.25) is 0 Å². The molecule has 0 aromatic heterocycles. The highest BCUT2D eigenvalue weighted by atomic mass is 79.9. The van der Waals surface area contributed by atoms with E-state index in [1.807, 2.05) is 42.5 Å². The molecule has 0 fully saturated rings. The second-order valence-corrected chi connectivity index (χ2v) is 7.45. The largest absolute Gasteiger partial charge is 0.493 e. The second-order valence-electron chi connectivity index (χ2n) is 6.53. The molecule has 0 bridgehead atoms. The molecule has 7 heteroatoms. The van der Waals surface area contributed by atoms with Crippen molar-refractivity contribution in [3.63, 3.8) is 0 Å². The highest BCUT2D eigenvalue weighted by Gasteiger charge is 2.06. The number of nitrogens with zero attached hydrogens (tertiary/aromatic N) is 1. The zero-order valence-electron chi connectivity index (χ0n) is 17.1. The summed E-state index contributed by atoms with van der Waals surface area (Å²) in [6.45, 7) is 0.410. The van der Waals surface area contributed by atoms with E-state index in [1.165, 1.54) is 11.8 Å². The Morgan fingerprint density at radius 1 is 1.00 bits per heavy atom. The Bertz CT molecular complexity index is 1030. The minimum Gasteiger partial charge on any atom is -0.493 e. The fourth-order valence-corrected chi connectivity index (χ4v) is 3.10. The third-order valence-electron chi connectivity index (χ3n) is 4.25. The molecule has 0 aliphatic carbocycles. The zero-order chi connectivity index (χ0) is 21.9. The molecule has 1 N–H and O–H groups in total. The molecule has 31 heavy (non-hydrogen) atoms. The van der Waals surface area contributed by atoms with Gasteiger partial charge in [0, 0.05) is 10.9 Å². The Balaban J connectivity index is 1.48. The lowest BCUT2D eigenvalue weighted by atomic mass is 10.2. The molecular weight excluding hydrogens is 460 g/mol. The molecule has 0 saturated heterocycles. The van der Waals surface area contributed by atoms with Gasteiger partial charge in [0.1, 0.15) is 5.75 Å². The first-order valence-electron chi connectivity index (χ1n) is 9.69. The quantitative estimate of drug-likeness (QED) is 0.338. The van der Waals surface area contributed by atoms with E-state index in [9.17, 15) is 4.79 Å². The number of hydrazone groups is 1. The van der Waals surface area contributed by atoms with Gasteiger partial charge in [-0.2, -0.15) is 5.10 Å². The molecule has 0 heterocycles. The van der Waals surface area contributed by atoms with Gasteiger partial charge in [-0.25, -0.2) is 5.43 Å². The summed E-state index contributed by atoms with van der Waals surface area (Å²) in [6, 6.07) is 22.9. The van der Waals surface area contributed by atoms with Crippen molar-refractivity contribution in [1.29, 1.82) is 0 Å². The van der Waals surface area contributed by atoms with E-state index in [0.29, 0.717) is 23.9 Å². The summed E-state index contributed by atoms with van der Waals surface area (Å²) in [6.07, 6.45) is 2.34. The van der Waals surface area contributed by atoms with Crippen LogP contribution in [0.1, 0.15) is 11.1 Å². The van der Waals surface area contributed by atoms with Crippen LogP contribution in [0.3, 0.4) is 0 Å². The molecule has 1 amide bonds. The van der Waals surface area contributed by atoms with Crippen molar-refractivity contribution in [2.75, 3.05) is 20.3 Å². The number of benzene rings is 3. The van der Waals surface area contributed by atoms with Crippen LogP contribution < -0.4 is 19.6 Å². The molecule has 0 radical (unpaired) electrons. The van der Waals surface area contributed by atoms with Crippen LogP contribution in [-0.4, -0.2) is 32.4 Å². The highest BCUT2D eigenvalue weighted by molar-refractivity contribution is 9.10. The Labute approximate surface area is 190 Å². The van der Waals surface area contributed by atoms with Gasteiger partial charge in [-0.3, -0.25) is 4.79 Å². The predicted octanol–water partition coefficient (Wildman–Crippen LogP) is 4.61. The molecule has 160 valence electrons. The van der Waals surface area contributed by atoms with Gasteiger partial charge in [-0.15, -0.1) is 0 Å². The van der Waals surface area contributed by atoms with Crippen molar-refractivity contribution >= 4 is 28.1 Å². The molecule has 3 aromatic rings. The molecule has 0 spiro atoms. The summed E-state index contributed by atoms with van der Waals surface area (Å²) < 4.78 is 17.6. The standard InChI is InChI=1S/C24H23BrN2O4/c1-29-23-14-19(10-11-22(23)30-13-12-18-6-3-2-4-7-18)16-26-27-24(28)17-31-21-9-5-8-20(25)15-21/h2-11,14-16H,12-13,17H2,1H3,(H,27,28)/b26-16+. The zero-order valence-corrected chi connectivity index (χ0v) is 18.7. The minimum absolute atomic E-state index is 0.134. The second kappa shape index (κ2) is 11.8. The van der Waals surface area contributed by atoms with Gasteiger partial charge in [-0.1, -0.05) is 52.3 Å². The molecule has 6 nitrogen and oxygen atoms in total. The van der Waals surface area contributed by atoms with Gasteiger partial charge in [0.25, 0.3) is 5.91 Å². The predicted molar refractivity (Wildman–Crippen MR) is 124 cm³/mol. The van der Waals surface area contributed by atoms with E-state index in [2.05, 4.69) is 38.6 Å². The van der Waals surface area contributed by atoms with Crippen molar-refractivity contribution in [3.05, 3.63) is 88.4 Å². The summed E-state index contributed by atoms with van der Waals surface area (Å²) in [4.78, 5) is 11.9. The van der Waals surface area contributed by atoms with Crippen molar-refractivity contribution in [3.8, 4) is 17.2 Å². The van der Waals surface area contributed by atoms with Gasteiger partial charge in [0.05, 0.1) is 19.9 Å². The third kappa shape index (κ3) is 7.46. The van der Waals surface area contributed by atoms with Crippen molar-refractivity contribution < 1.29 is 19.0 Å². The lowest BCUT2D eigenvalue weighted by Gasteiger charge is -2.11. The average Bonchev–Trinajstić information content (AvgIpc) is 2.79. The Morgan fingerprint density at radius 2 is 1.84 bits per heavy atom. The molecule has 0 aliphatic heterocycles. The normalized spacial score (nSPS) is 10.6. The summed E-state index contributed by atoms with van der Waals surface area (Å²) in [5.41, 5.74) is 4.42. The molecule has 3 aromatic carbocycles. The van der Waals surface area contributed by atoms with E-state index in [0.717, 1.165) is 16.5 Å². The average molecular weight is 483 g/mol. The summed E-state index contributed by atoms with van der Waals surface area (Å²) in [5.74, 6) is 1.49. The first kappa shape index (κ1) is 22.4. The van der Waals surface area contributed by atoms with Gasteiger partial charge >= 0.3 is 0 Å². The van der Waals surface area contributed by atoms with Crippen LogP contribution in [0, 0.1) is 0 Å². The first-order chi connectivity index (χ1) is 15.1. The number of rotatable bonds is 10. The van der Waals surface area contributed by atoms with E-state index in [1.54, 1.807) is 25.3 Å². The lowest BCUT2D eigenvalue weighted by Crippen LogP contribution is -2.24. The fourth-order valence-electron chi connectivity index (χ4n) is 2.72. The van der Waals surface area contributed by atoms with E-state index >= 15 is 0 Å². The number of hydrogen-bond acceptors (Lipinski definition) is 5. The van der Waals surface area contributed by atoms with Crippen LogP contribution in [-0.2, 0) is 11.2 Å².